The van der Waals surface area contributed by atoms with Crippen molar-refractivity contribution in [3.63, 3.8) is 0 Å². The number of aryl methyl sites for hydroxylation is 1. The second kappa shape index (κ2) is 13.4. The lowest BCUT2D eigenvalue weighted by Crippen LogP contribution is -3.00. The van der Waals surface area contributed by atoms with Crippen LogP contribution in [-0.2, 0) is 7.05 Å². The van der Waals surface area contributed by atoms with E-state index >= 15 is 0 Å². The largest absolute Gasteiger partial charge is 1.00 e. The second-order valence-corrected chi connectivity index (χ2v) is 8.60. The molecular formula is C27H39BrN2. The highest BCUT2D eigenvalue weighted by molar-refractivity contribution is 5.74. The molecule has 0 spiro atoms. The minimum atomic E-state index is 0. The molecule has 0 atom stereocenters. The average molecular weight is 472 g/mol. The molecular weight excluding hydrogens is 432 g/mol. The first-order chi connectivity index (χ1) is 13.9. The maximum absolute atomic E-state index is 2.42. The molecule has 0 aliphatic carbocycles. The zero-order valence-corrected chi connectivity index (χ0v) is 21.3. The van der Waals surface area contributed by atoms with E-state index in [9.17, 15) is 0 Å². The van der Waals surface area contributed by atoms with Crippen LogP contribution in [0.15, 0.2) is 71.1 Å². The van der Waals surface area contributed by atoms with Gasteiger partial charge in [-0.05, 0) is 90.8 Å². The Hall–Kier alpha value is -1.87. The molecule has 0 unspecified atom stereocenters. The van der Waals surface area contributed by atoms with Crippen LogP contribution < -0.4 is 21.5 Å². The zero-order valence-electron chi connectivity index (χ0n) is 19.7. The van der Waals surface area contributed by atoms with Gasteiger partial charge in [0.25, 0.3) is 0 Å². The number of nitrogens with zero attached hydrogens (tertiary/aromatic N) is 2. The number of aromatic nitrogens is 2. The quantitative estimate of drug-likeness (QED) is 0.356. The van der Waals surface area contributed by atoms with Gasteiger partial charge < -0.3 is 17.0 Å². The number of benzene rings is 1. The summed E-state index contributed by atoms with van der Waals surface area (Å²) in [5.41, 5.74) is 8.36. The number of imidazole rings is 1. The first kappa shape index (κ1) is 26.2. The fourth-order valence-corrected chi connectivity index (χ4v) is 3.58. The van der Waals surface area contributed by atoms with Gasteiger partial charge in [0, 0.05) is 0 Å². The first-order valence-corrected chi connectivity index (χ1v) is 10.9. The lowest BCUT2D eigenvalue weighted by molar-refractivity contribution is -0.645. The number of allylic oxidation sites excluding steroid dienone is 7. The molecule has 164 valence electrons. The molecule has 1 heterocycles. The van der Waals surface area contributed by atoms with Crippen LogP contribution >= 0.6 is 0 Å². The van der Waals surface area contributed by atoms with E-state index < -0.39 is 0 Å². The van der Waals surface area contributed by atoms with Crippen LogP contribution in [-0.4, -0.2) is 4.57 Å². The Morgan fingerprint density at radius 1 is 0.800 bits per heavy atom. The molecule has 0 bridgehead atoms. The van der Waals surface area contributed by atoms with Crippen molar-refractivity contribution in [3.05, 3.63) is 71.1 Å². The number of fused-ring (bicyclic) bond motifs is 1. The molecule has 2 aromatic rings. The Morgan fingerprint density at radius 3 is 1.93 bits per heavy atom. The van der Waals surface area contributed by atoms with Crippen molar-refractivity contribution in [2.45, 2.75) is 73.1 Å². The van der Waals surface area contributed by atoms with Crippen LogP contribution in [0.3, 0.4) is 0 Å². The van der Waals surface area contributed by atoms with Crippen molar-refractivity contribution < 1.29 is 21.5 Å². The summed E-state index contributed by atoms with van der Waals surface area (Å²) in [5.74, 6) is 0. The van der Waals surface area contributed by atoms with Gasteiger partial charge in [0.2, 0.25) is 6.33 Å². The van der Waals surface area contributed by atoms with Crippen LogP contribution in [0.4, 0.5) is 0 Å². The average Bonchev–Trinajstić information content (AvgIpc) is 2.97. The highest BCUT2D eigenvalue weighted by atomic mass is 79.9. The van der Waals surface area contributed by atoms with Crippen molar-refractivity contribution in [2.24, 2.45) is 7.05 Å². The molecule has 0 aliphatic heterocycles. The standard InChI is InChI=1S/C27H39N2.BrH/c1-22(2)12-9-13-23(3)14-10-15-24(4)16-11-17-25(5)20-29-21-28(6)26-18-7-8-19-27(26)29;/h7-8,12,14,16,18-21H,9-11,13,15,17H2,1-6H3;1H/q+1;/p-1/b23-14+,24-16+,25-20+;. The summed E-state index contributed by atoms with van der Waals surface area (Å²) in [5, 5.41) is 0. The van der Waals surface area contributed by atoms with Crippen LogP contribution in [0, 0.1) is 0 Å². The van der Waals surface area contributed by atoms with Crippen molar-refractivity contribution in [1.82, 2.24) is 4.57 Å². The highest BCUT2D eigenvalue weighted by Gasteiger charge is 2.10. The fraction of sp³-hybridized carbons (Fsp3) is 0.444. The molecule has 0 radical (unpaired) electrons. The van der Waals surface area contributed by atoms with E-state index in [1.165, 1.54) is 52.6 Å². The summed E-state index contributed by atoms with van der Waals surface area (Å²) >= 11 is 0. The van der Waals surface area contributed by atoms with E-state index in [0.29, 0.717) is 0 Å². The lowest BCUT2D eigenvalue weighted by atomic mass is 10.0. The number of halogens is 1. The predicted octanol–water partition coefficient (Wildman–Crippen LogP) is 4.53. The van der Waals surface area contributed by atoms with Gasteiger partial charge in [-0.2, -0.15) is 0 Å². The molecule has 30 heavy (non-hydrogen) atoms. The van der Waals surface area contributed by atoms with Gasteiger partial charge in [0.1, 0.15) is 0 Å². The topological polar surface area (TPSA) is 8.81 Å². The van der Waals surface area contributed by atoms with Crippen LogP contribution in [0.25, 0.3) is 17.2 Å². The second-order valence-electron chi connectivity index (χ2n) is 8.60. The smallest absolute Gasteiger partial charge is 0.249 e. The van der Waals surface area contributed by atoms with E-state index in [1.54, 1.807) is 0 Å². The molecule has 1 aromatic heterocycles. The van der Waals surface area contributed by atoms with Crippen LogP contribution in [0.5, 0.6) is 0 Å². The lowest BCUT2D eigenvalue weighted by Gasteiger charge is -2.02. The van der Waals surface area contributed by atoms with E-state index in [0.717, 1.165) is 19.3 Å². The Morgan fingerprint density at radius 2 is 1.33 bits per heavy atom. The first-order valence-electron chi connectivity index (χ1n) is 10.9. The Bertz CT molecular complexity index is 921. The Kier molecular flexibility index (Phi) is 11.7. The third kappa shape index (κ3) is 8.87. The van der Waals surface area contributed by atoms with Crippen molar-refractivity contribution in [3.8, 4) is 0 Å². The molecule has 2 rings (SSSR count). The normalized spacial score (nSPS) is 12.8. The van der Waals surface area contributed by atoms with E-state index in [4.69, 9.17) is 0 Å². The maximum Gasteiger partial charge on any atom is 0.249 e. The molecule has 0 saturated carbocycles. The predicted molar refractivity (Wildman–Crippen MR) is 128 cm³/mol. The maximum atomic E-state index is 2.42. The van der Waals surface area contributed by atoms with Gasteiger partial charge in [-0.1, -0.05) is 47.1 Å². The highest BCUT2D eigenvalue weighted by Crippen LogP contribution is 2.16. The van der Waals surface area contributed by atoms with E-state index in [1.807, 2.05) is 0 Å². The SMILES string of the molecule is CC(C)=CCC/C(C)=C/CC/C(C)=C/CC/C(C)=C/n1c[n+](C)c2ccccc21.[Br-]. The van der Waals surface area contributed by atoms with Crippen LogP contribution in [0.1, 0.15) is 73.1 Å². The molecule has 0 saturated heterocycles. The van der Waals surface area contributed by atoms with E-state index in [-0.39, 0.29) is 17.0 Å². The van der Waals surface area contributed by atoms with Crippen molar-refractivity contribution >= 4 is 17.2 Å². The van der Waals surface area contributed by atoms with Gasteiger partial charge in [0.15, 0.2) is 11.0 Å². The number of para-hydroxylation sites is 2. The number of hydrogen-bond acceptors (Lipinski definition) is 0. The zero-order chi connectivity index (χ0) is 21.2. The van der Waals surface area contributed by atoms with Crippen LogP contribution in [0.2, 0.25) is 0 Å². The number of hydrogen-bond donors (Lipinski definition) is 0. The summed E-state index contributed by atoms with van der Waals surface area (Å²) < 4.78 is 4.42. The summed E-state index contributed by atoms with van der Waals surface area (Å²) in [6.07, 6.45) is 18.5. The minimum Gasteiger partial charge on any atom is -1.00 e. The minimum absolute atomic E-state index is 0. The van der Waals surface area contributed by atoms with E-state index in [2.05, 4.69) is 106 Å². The van der Waals surface area contributed by atoms with Crippen molar-refractivity contribution in [1.29, 1.82) is 0 Å². The van der Waals surface area contributed by atoms with Gasteiger partial charge in [-0.3, -0.25) is 0 Å². The molecule has 1 aromatic carbocycles. The third-order valence-electron chi connectivity index (χ3n) is 5.35. The third-order valence-corrected chi connectivity index (χ3v) is 5.35. The molecule has 0 N–H and O–H groups in total. The molecule has 0 amide bonds. The number of rotatable bonds is 10. The fourth-order valence-electron chi connectivity index (χ4n) is 3.58. The van der Waals surface area contributed by atoms with Crippen molar-refractivity contribution in [2.75, 3.05) is 0 Å². The summed E-state index contributed by atoms with van der Waals surface area (Å²) in [6.45, 7) is 11.1. The van der Waals surface area contributed by atoms with Gasteiger partial charge in [0.05, 0.1) is 13.2 Å². The summed E-state index contributed by atoms with van der Waals surface area (Å²) in [6, 6.07) is 8.54. The van der Waals surface area contributed by atoms with Gasteiger partial charge >= 0.3 is 0 Å². The van der Waals surface area contributed by atoms with Gasteiger partial charge in [-0.15, -0.1) is 0 Å². The molecule has 0 fully saturated rings. The summed E-state index contributed by atoms with van der Waals surface area (Å²) in [4.78, 5) is 0. The Balaban J connectivity index is 0.00000450. The monoisotopic (exact) mass is 470 g/mol. The molecule has 3 heteroatoms. The molecule has 0 aliphatic rings. The Labute approximate surface area is 194 Å². The molecule has 2 nitrogen and oxygen atoms in total. The summed E-state index contributed by atoms with van der Waals surface area (Å²) in [7, 11) is 2.10. The van der Waals surface area contributed by atoms with Gasteiger partial charge in [-0.25, -0.2) is 9.13 Å².